The Morgan fingerprint density at radius 2 is 1.38 bits per heavy atom. The maximum atomic E-state index is 6.04. The highest BCUT2D eigenvalue weighted by Crippen LogP contribution is 2.36. The lowest BCUT2D eigenvalue weighted by Gasteiger charge is -2.28. The van der Waals surface area contributed by atoms with Crippen LogP contribution in [0.2, 0.25) is 5.02 Å². The molecule has 1 N–H and O–H groups in total. The van der Waals surface area contributed by atoms with Crippen molar-refractivity contribution in [2.24, 2.45) is 0 Å². The van der Waals surface area contributed by atoms with Gasteiger partial charge in [-0.2, -0.15) is 0 Å². The first-order valence-corrected chi connectivity index (χ1v) is 9.06. The Morgan fingerprint density at radius 1 is 0.769 bits per heavy atom. The highest BCUT2D eigenvalue weighted by Gasteiger charge is 2.38. The summed E-state index contributed by atoms with van der Waals surface area (Å²) in [4.78, 5) is 0. The van der Waals surface area contributed by atoms with E-state index in [1.54, 1.807) is 0 Å². The normalized spacial score (nSPS) is 15.7. The van der Waals surface area contributed by atoms with Gasteiger partial charge in [0.25, 0.3) is 0 Å². The monoisotopic (exact) mass is 365 g/mol. The lowest BCUT2D eigenvalue weighted by Crippen LogP contribution is -2.30. The van der Waals surface area contributed by atoms with E-state index in [4.69, 9.17) is 21.1 Å². The summed E-state index contributed by atoms with van der Waals surface area (Å²) < 4.78 is 12.1. The zero-order valence-corrected chi connectivity index (χ0v) is 15.1. The SMILES string of the molecule is Clc1ccc(CC2(c3ccc(Nc4ccccc4)cc3)OCCO2)cc1. The molecular weight excluding hydrogens is 346 g/mol. The fraction of sp³-hybridized carbons (Fsp3) is 0.182. The quantitative estimate of drug-likeness (QED) is 0.645. The van der Waals surface area contributed by atoms with Crippen molar-refractivity contribution in [3.05, 3.63) is 95.0 Å². The largest absolute Gasteiger partial charge is 0.356 e. The molecule has 0 saturated carbocycles. The first-order chi connectivity index (χ1) is 12.7. The molecule has 0 aliphatic carbocycles. The topological polar surface area (TPSA) is 30.5 Å². The number of ether oxygens (including phenoxy) is 2. The summed E-state index contributed by atoms with van der Waals surface area (Å²) in [5.74, 6) is -0.737. The number of hydrogen-bond donors (Lipinski definition) is 1. The lowest BCUT2D eigenvalue weighted by molar-refractivity contribution is -0.164. The molecule has 132 valence electrons. The van der Waals surface area contributed by atoms with Crippen molar-refractivity contribution >= 4 is 23.0 Å². The van der Waals surface area contributed by atoms with Crippen molar-refractivity contribution in [3.8, 4) is 0 Å². The van der Waals surface area contributed by atoms with Gasteiger partial charge >= 0.3 is 0 Å². The first-order valence-electron chi connectivity index (χ1n) is 8.69. The highest BCUT2D eigenvalue weighted by molar-refractivity contribution is 6.30. The van der Waals surface area contributed by atoms with Crippen LogP contribution in [-0.2, 0) is 21.7 Å². The number of rotatable bonds is 5. The third-order valence-electron chi connectivity index (χ3n) is 4.49. The molecule has 3 aromatic rings. The molecule has 4 heteroatoms. The van der Waals surface area contributed by atoms with E-state index in [9.17, 15) is 0 Å². The number of anilines is 2. The standard InChI is InChI=1S/C22H20ClNO2/c23-19-10-6-17(7-11-19)16-22(25-14-15-26-22)18-8-12-21(13-9-18)24-20-4-2-1-3-5-20/h1-13,24H,14-16H2. The Kier molecular flexibility index (Phi) is 4.93. The van der Waals surface area contributed by atoms with E-state index >= 15 is 0 Å². The van der Waals surface area contributed by atoms with Crippen LogP contribution in [-0.4, -0.2) is 13.2 Å². The zero-order valence-electron chi connectivity index (χ0n) is 14.3. The van der Waals surface area contributed by atoms with Crippen LogP contribution in [0.5, 0.6) is 0 Å². The van der Waals surface area contributed by atoms with Gasteiger partial charge in [0.05, 0.1) is 13.2 Å². The van der Waals surface area contributed by atoms with Gasteiger partial charge < -0.3 is 14.8 Å². The first kappa shape index (κ1) is 17.1. The maximum absolute atomic E-state index is 6.04. The lowest BCUT2D eigenvalue weighted by atomic mass is 9.97. The fourth-order valence-corrected chi connectivity index (χ4v) is 3.32. The molecule has 1 fully saturated rings. The minimum atomic E-state index is -0.737. The molecule has 1 aliphatic rings. The third-order valence-corrected chi connectivity index (χ3v) is 4.74. The van der Waals surface area contributed by atoms with Gasteiger partial charge in [-0.3, -0.25) is 0 Å². The minimum absolute atomic E-state index is 0.595. The van der Waals surface area contributed by atoms with Crippen molar-refractivity contribution in [2.45, 2.75) is 12.2 Å². The van der Waals surface area contributed by atoms with Crippen LogP contribution in [0.1, 0.15) is 11.1 Å². The van der Waals surface area contributed by atoms with Crippen LogP contribution >= 0.6 is 11.6 Å². The van der Waals surface area contributed by atoms with Gasteiger partial charge in [0.1, 0.15) is 0 Å². The number of hydrogen-bond acceptors (Lipinski definition) is 3. The van der Waals surface area contributed by atoms with E-state index in [0.717, 1.165) is 27.5 Å². The van der Waals surface area contributed by atoms with E-state index in [2.05, 4.69) is 29.6 Å². The molecule has 0 atom stereocenters. The number of halogens is 1. The Bertz CT molecular complexity index is 842. The van der Waals surface area contributed by atoms with Gasteiger partial charge in [-0.15, -0.1) is 0 Å². The van der Waals surface area contributed by atoms with Gasteiger partial charge in [0.2, 0.25) is 0 Å². The van der Waals surface area contributed by atoms with Crippen molar-refractivity contribution in [3.63, 3.8) is 0 Å². The third kappa shape index (κ3) is 3.75. The van der Waals surface area contributed by atoms with Crippen LogP contribution < -0.4 is 5.32 Å². The summed E-state index contributed by atoms with van der Waals surface area (Å²) in [5, 5.41) is 4.12. The van der Waals surface area contributed by atoms with Crippen molar-refractivity contribution in [1.82, 2.24) is 0 Å². The van der Waals surface area contributed by atoms with Crippen molar-refractivity contribution in [1.29, 1.82) is 0 Å². The van der Waals surface area contributed by atoms with Gasteiger partial charge in [-0.1, -0.05) is 54.1 Å². The smallest absolute Gasteiger partial charge is 0.199 e. The Hall–Kier alpha value is -2.33. The number of benzene rings is 3. The molecule has 0 radical (unpaired) electrons. The average Bonchev–Trinajstić information content (AvgIpc) is 3.15. The highest BCUT2D eigenvalue weighted by atomic mass is 35.5. The Balaban J connectivity index is 1.55. The van der Waals surface area contributed by atoms with Crippen molar-refractivity contribution in [2.75, 3.05) is 18.5 Å². The van der Waals surface area contributed by atoms with Gasteiger partial charge in [-0.05, 0) is 42.0 Å². The van der Waals surface area contributed by atoms with E-state index in [-0.39, 0.29) is 0 Å². The predicted molar refractivity (Wildman–Crippen MR) is 105 cm³/mol. The zero-order chi connectivity index (χ0) is 17.8. The Morgan fingerprint density at radius 3 is 2.04 bits per heavy atom. The molecule has 0 amide bonds. The van der Waals surface area contributed by atoms with E-state index in [1.165, 1.54) is 0 Å². The molecule has 0 bridgehead atoms. The number of para-hydroxylation sites is 1. The summed E-state index contributed by atoms with van der Waals surface area (Å²) in [6, 6.07) is 26.2. The molecule has 0 aromatic heterocycles. The molecule has 3 aromatic carbocycles. The average molecular weight is 366 g/mol. The van der Waals surface area contributed by atoms with Crippen LogP contribution in [0.4, 0.5) is 11.4 Å². The predicted octanol–water partition coefficient (Wildman–Crippen LogP) is 5.53. The summed E-state index contributed by atoms with van der Waals surface area (Å²) in [7, 11) is 0. The molecule has 0 unspecified atom stereocenters. The second-order valence-electron chi connectivity index (χ2n) is 6.32. The van der Waals surface area contributed by atoms with Gasteiger partial charge in [-0.25, -0.2) is 0 Å². The minimum Gasteiger partial charge on any atom is -0.356 e. The molecule has 4 rings (SSSR count). The summed E-state index contributed by atoms with van der Waals surface area (Å²) >= 11 is 5.99. The molecule has 1 saturated heterocycles. The Labute approximate surface area is 158 Å². The van der Waals surface area contributed by atoms with Gasteiger partial charge in [0, 0.05) is 28.4 Å². The van der Waals surface area contributed by atoms with E-state index in [1.807, 2.05) is 54.6 Å². The number of nitrogens with one attached hydrogen (secondary N) is 1. The fourth-order valence-electron chi connectivity index (χ4n) is 3.19. The van der Waals surface area contributed by atoms with E-state index in [0.29, 0.717) is 19.6 Å². The molecule has 1 aliphatic heterocycles. The second kappa shape index (κ2) is 7.50. The van der Waals surface area contributed by atoms with Crippen LogP contribution in [0.3, 0.4) is 0 Å². The van der Waals surface area contributed by atoms with E-state index < -0.39 is 5.79 Å². The second-order valence-corrected chi connectivity index (χ2v) is 6.76. The van der Waals surface area contributed by atoms with Gasteiger partial charge in [0.15, 0.2) is 5.79 Å². The summed E-state index contributed by atoms with van der Waals surface area (Å²) in [6.45, 7) is 1.19. The van der Waals surface area contributed by atoms with Crippen LogP contribution in [0, 0.1) is 0 Å². The molecule has 1 heterocycles. The van der Waals surface area contributed by atoms with Crippen LogP contribution in [0.25, 0.3) is 0 Å². The van der Waals surface area contributed by atoms with Crippen LogP contribution in [0.15, 0.2) is 78.9 Å². The summed E-state index contributed by atoms with van der Waals surface area (Å²) in [5.41, 5.74) is 4.23. The maximum Gasteiger partial charge on any atom is 0.199 e. The molecular formula is C22H20ClNO2. The molecule has 0 spiro atoms. The summed E-state index contributed by atoms with van der Waals surface area (Å²) in [6.07, 6.45) is 0.648. The van der Waals surface area contributed by atoms with Crippen molar-refractivity contribution < 1.29 is 9.47 Å². The molecule has 3 nitrogen and oxygen atoms in total. The molecule has 26 heavy (non-hydrogen) atoms.